The molecule has 114 valence electrons. The van der Waals surface area contributed by atoms with Gasteiger partial charge in [0.1, 0.15) is 6.61 Å². The molecular formula is C16H22N2O3. The van der Waals surface area contributed by atoms with Crippen LogP contribution < -0.4 is 10.2 Å². The number of ether oxygens (including phenoxy) is 1. The Hall–Kier alpha value is -1.88. The molecule has 21 heavy (non-hydrogen) atoms. The number of carbonyl (C=O) groups is 2. The first-order valence-corrected chi connectivity index (χ1v) is 7.19. The molecule has 0 aliphatic carbocycles. The lowest BCUT2D eigenvalue weighted by molar-refractivity contribution is -0.125. The van der Waals surface area contributed by atoms with Gasteiger partial charge in [-0.15, -0.1) is 0 Å². The Morgan fingerprint density at radius 3 is 2.48 bits per heavy atom. The summed E-state index contributed by atoms with van der Waals surface area (Å²) in [7, 11) is 0. The van der Waals surface area contributed by atoms with Crippen molar-refractivity contribution >= 4 is 23.2 Å². The average Bonchev–Trinajstić information content (AvgIpc) is 2.83. The molecule has 0 aromatic heterocycles. The second-order valence-corrected chi connectivity index (χ2v) is 6.15. The molecule has 2 amide bonds. The van der Waals surface area contributed by atoms with E-state index in [4.69, 9.17) is 4.74 Å². The molecule has 5 heteroatoms. The fourth-order valence-electron chi connectivity index (χ4n) is 2.12. The van der Waals surface area contributed by atoms with Gasteiger partial charge in [0.15, 0.2) is 0 Å². The molecular weight excluding hydrogens is 268 g/mol. The maximum atomic E-state index is 11.8. The SMILES string of the molecule is CC(C)(C)OCC(=O)Nc1ccc(N2CCCC2=O)cc1. The molecule has 0 unspecified atom stereocenters. The Labute approximate surface area is 125 Å². The van der Waals surface area contributed by atoms with Crippen LogP contribution in [0.2, 0.25) is 0 Å². The van der Waals surface area contributed by atoms with Crippen LogP contribution in [0, 0.1) is 0 Å². The molecule has 1 N–H and O–H groups in total. The van der Waals surface area contributed by atoms with Gasteiger partial charge in [0, 0.05) is 24.3 Å². The summed E-state index contributed by atoms with van der Waals surface area (Å²) in [5.74, 6) is -0.0275. The van der Waals surface area contributed by atoms with Crippen LogP contribution in [0.4, 0.5) is 11.4 Å². The Balaban J connectivity index is 1.90. The fourth-order valence-corrected chi connectivity index (χ4v) is 2.12. The highest BCUT2D eigenvalue weighted by Crippen LogP contribution is 2.23. The third-order valence-corrected chi connectivity index (χ3v) is 3.17. The lowest BCUT2D eigenvalue weighted by Gasteiger charge is -2.19. The summed E-state index contributed by atoms with van der Waals surface area (Å²) in [4.78, 5) is 25.2. The summed E-state index contributed by atoms with van der Waals surface area (Å²) in [6.07, 6.45) is 1.52. The third-order valence-electron chi connectivity index (χ3n) is 3.17. The number of carbonyl (C=O) groups excluding carboxylic acids is 2. The molecule has 1 heterocycles. The number of hydrogen-bond acceptors (Lipinski definition) is 3. The molecule has 0 bridgehead atoms. The van der Waals surface area contributed by atoms with Crippen molar-refractivity contribution in [3.8, 4) is 0 Å². The van der Waals surface area contributed by atoms with Crippen LogP contribution >= 0.6 is 0 Å². The zero-order chi connectivity index (χ0) is 15.5. The van der Waals surface area contributed by atoms with Crippen LogP contribution in [-0.4, -0.2) is 30.6 Å². The normalized spacial score (nSPS) is 15.4. The molecule has 0 spiro atoms. The molecule has 0 saturated carbocycles. The first-order valence-electron chi connectivity index (χ1n) is 7.19. The van der Waals surface area contributed by atoms with Crippen LogP contribution in [0.5, 0.6) is 0 Å². The second kappa shape index (κ2) is 6.26. The Morgan fingerprint density at radius 1 is 1.29 bits per heavy atom. The molecule has 1 aromatic carbocycles. The van der Waals surface area contributed by atoms with Crippen molar-refractivity contribution in [2.45, 2.75) is 39.2 Å². The van der Waals surface area contributed by atoms with Crippen molar-refractivity contribution in [3.05, 3.63) is 24.3 Å². The fraction of sp³-hybridized carbons (Fsp3) is 0.500. The van der Waals surface area contributed by atoms with E-state index in [1.807, 2.05) is 32.9 Å². The van der Waals surface area contributed by atoms with E-state index in [1.165, 1.54) is 0 Å². The molecule has 5 nitrogen and oxygen atoms in total. The summed E-state index contributed by atoms with van der Waals surface area (Å²) in [5, 5.41) is 2.78. The number of hydrogen-bond donors (Lipinski definition) is 1. The number of amides is 2. The van der Waals surface area contributed by atoms with Crippen LogP contribution in [0.15, 0.2) is 24.3 Å². The lowest BCUT2D eigenvalue weighted by atomic mass is 10.2. The number of benzene rings is 1. The van der Waals surface area contributed by atoms with Gasteiger partial charge in [-0.2, -0.15) is 0 Å². The van der Waals surface area contributed by atoms with E-state index < -0.39 is 0 Å². The molecule has 0 radical (unpaired) electrons. The van der Waals surface area contributed by atoms with Crippen molar-refractivity contribution in [1.82, 2.24) is 0 Å². The highest BCUT2D eigenvalue weighted by atomic mass is 16.5. The topological polar surface area (TPSA) is 58.6 Å². The highest BCUT2D eigenvalue weighted by Gasteiger charge is 2.21. The molecule has 1 saturated heterocycles. The molecule has 0 atom stereocenters. The second-order valence-electron chi connectivity index (χ2n) is 6.15. The minimum Gasteiger partial charge on any atom is -0.366 e. The Morgan fingerprint density at radius 2 is 1.95 bits per heavy atom. The highest BCUT2D eigenvalue weighted by molar-refractivity contribution is 5.96. The average molecular weight is 290 g/mol. The summed E-state index contributed by atoms with van der Waals surface area (Å²) in [6.45, 7) is 6.51. The van der Waals surface area contributed by atoms with Crippen molar-refractivity contribution in [2.24, 2.45) is 0 Å². The van der Waals surface area contributed by atoms with Gasteiger partial charge in [0.25, 0.3) is 0 Å². The summed E-state index contributed by atoms with van der Waals surface area (Å²) >= 11 is 0. The molecule has 2 rings (SSSR count). The van der Waals surface area contributed by atoms with Crippen LogP contribution in [-0.2, 0) is 14.3 Å². The van der Waals surface area contributed by atoms with Crippen LogP contribution in [0.3, 0.4) is 0 Å². The molecule has 1 aliphatic rings. The number of anilines is 2. The minimum absolute atomic E-state index is 0.0237. The van der Waals surface area contributed by atoms with Gasteiger partial charge < -0.3 is 15.0 Å². The van der Waals surface area contributed by atoms with Gasteiger partial charge in [-0.1, -0.05) is 0 Å². The summed E-state index contributed by atoms with van der Waals surface area (Å²) in [6, 6.07) is 7.30. The van der Waals surface area contributed by atoms with Crippen molar-refractivity contribution in [3.63, 3.8) is 0 Å². The van der Waals surface area contributed by atoms with E-state index in [1.54, 1.807) is 17.0 Å². The Bertz CT molecular complexity index is 517. The van der Waals surface area contributed by atoms with E-state index >= 15 is 0 Å². The summed E-state index contributed by atoms with van der Waals surface area (Å²) in [5.41, 5.74) is 1.24. The van der Waals surface area contributed by atoms with Crippen molar-refractivity contribution in [1.29, 1.82) is 0 Å². The largest absolute Gasteiger partial charge is 0.366 e. The van der Waals surface area contributed by atoms with E-state index in [2.05, 4.69) is 5.32 Å². The third kappa shape index (κ3) is 4.56. The maximum Gasteiger partial charge on any atom is 0.250 e. The van der Waals surface area contributed by atoms with Crippen LogP contribution in [0.25, 0.3) is 0 Å². The molecule has 1 fully saturated rings. The van der Waals surface area contributed by atoms with Crippen molar-refractivity contribution < 1.29 is 14.3 Å². The van der Waals surface area contributed by atoms with Crippen molar-refractivity contribution in [2.75, 3.05) is 23.4 Å². The standard InChI is InChI=1S/C16H22N2O3/c1-16(2,3)21-11-14(19)17-12-6-8-13(9-7-12)18-10-4-5-15(18)20/h6-9H,4-5,10-11H2,1-3H3,(H,17,19). The van der Waals surface area contributed by atoms with Gasteiger partial charge in [-0.25, -0.2) is 0 Å². The monoisotopic (exact) mass is 290 g/mol. The quantitative estimate of drug-likeness (QED) is 0.927. The predicted molar refractivity (Wildman–Crippen MR) is 82.4 cm³/mol. The first kappa shape index (κ1) is 15.5. The van der Waals surface area contributed by atoms with Gasteiger partial charge in [-0.05, 0) is 51.5 Å². The van der Waals surface area contributed by atoms with Gasteiger partial charge >= 0.3 is 0 Å². The lowest BCUT2D eigenvalue weighted by Crippen LogP contribution is -2.27. The molecule has 1 aromatic rings. The zero-order valence-corrected chi connectivity index (χ0v) is 12.8. The van der Waals surface area contributed by atoms with Crippen LogP contribution in [0.1, 0.15) is 33.6 Å². The number of rotatable bonds is 4. The van der Waals surface area contributed by atoms with E-state index in [0.29, 0.717) is 12.1 Å². The maximum absolute atomic E-state index is 11.8. The minimum atomic E-state index is -0.336. The predicted octanol–water partition coefficient (Wildman–Crippen LogP) is 2.57. The number of nitrogens with zero attached hydrogens (tertiary/aromatic N) is 1. The summed E-state index contributed by atoms with van der Waals surface area (Å²) < 4.78 is 5.42. The molecule has 1 aliphatic heterocycles. The number of nitrogens with one attached hydrogen (secondary N) is 1. The van der Waals surface area contributed by atoms with Gasteiger partial charge in [-0.3, -0.25) is 9.59 Å². The smallest absolute Gasteiger partial charge is 0.250 e. The Kier molecular flexibility index (Phi) is 4.63. The van der Waals surface area contributed by atoms with Gasteiger partial charge in [0.05, 0.1) is 5.60 Å². The van der Waals surface area contributed by atoms with E-state index in [0.717, 1.165) is 18.7 Å². The first-order chi connectivity index (χ1) is 9.85. The van der Waals surface area contributed by atoms with Gasteiger partial charge in [0.2, 0.25) is 11.8 Å². The van der Waals surface area contributed by atoms with E-state index in [-0.39, 0.29) is 24.0 Å². The zero-order valence-electron chi connectivity index (χ0n) is 12.8. The van der Waals surface area contributed by atoms with E-state index in [9.17, 15) is 9.59 Å².